The smallest absolute Gasteiger partial charge is 0.0150 e. The first-order valence-corrected chi connectivity index (χ1v) is 6.83. The van der Waals surface area contributed by atoms with E-state index >= 15 is 0 Å². The summed E-state index contributed by atoms with van der Waals surface area (Å²) in [6, 6.07) is 21.0. The molecule has 0 aromatic heterocycles. The average Bonchev–Trinajstić information content (AvgIpc) is 2.40. The molecule has 0 N–H and O–H groups in total. The highest BCUT2D eigenvalue weighted by Gasteiger charge is 2.00. The third kappa shape index (κ3) is 3.50. The lowest BCUT2D eigenvalue weighted by molar-refractivity contribution is 1.53. The van der Waals surface area contributed by atoms with Gasteiger partial charge in [-0.25, -0.2) is 0 Å². The Morgan fingerprint density at radius 3 is 2.12 bits per heavy atom. The van der Waals surface area contributed by atoms with Crippen LogP contribution in [0.3, 0.4) is 0 Å². The van der Waals surface area contributed by atoms with Gasteiger partial charge in [0.15, 0.2) is 0 Å². The van der Waals surface area contributed by atoms with Crippen LogP contribution in [0.4, 0.5) is 0 Å². The van der Waals surface area contributed by atoms with Gasteiger partial charge in [0.1, 0.15) is 0 Å². The minimum atomic E-state index is 1.09. The van der Waals surface area contributed by atoms with Crippen molar-refractivity contribution in [2.45, 2.75) is 6.92 Å². The van der Waals surface area contributed by atoms with E-state index < -0.39 is 0 Å². The summed E-state index contributed by atoms with van der Waals surface area (Å²) in [5.74, 6) is 1.09. The molecule has 0 atom stereocenters. The fourth-order valence-corrected chi connectivity index (χ4v) is 2.50. The third-order valence-corrected chi connectivity index (χ3v) is 3.41. The van der Waals surface area contributed by atoms with Crippen LogP contribution >= 0.6 is 11.8 Å². The monoisotopic (exact) mass is 240 g/mol. The van der Waals surface area contributed by atoms with Gasteiger partial charge in [-0.1, -0.05) is 67.6 Å². The molecular weight excluding hydrogens is 224 g/mol. The molecule has 0 bridgehead atoms. The van der Waals surface area contributed by atoms with Gasteiger partial charge in [0.2, 0.25) is 0 Å². The number of rotatable bonds is 4. The molecule has 0 aliphatic carbocycles. The van der Waals surface area contributed by atoms with Gasteiger partial charge in [0, 0.05) is 4.91 Å². The summed E-state index contributed by atoms with van der Waals surface area (Å²) in [6.07, 6.45) is 2.25. The van der Waals surface area contributed by atoms with Crippen molar-refractivity contribution < 1.29 is 0 Å². The van der Waals surface area contributed by atoms with Crippen LogP contribution in [0.5, 0.6) is 0 Å². The number of benzene rings is 2. The topological polar surface area (TPSA) is 0 Å². The van der Waals surface area contributed by atoms with Gasteiger partial charge < -0.3 is 0 Å². The summed E-state index contributed by atoms with van der Waals surface area (Å²) in [4.78, 5) is 1.33. The summed E-state index contributed by atoms with van der Waals surface area (Å²) in [5, 5.41) is 0. The predicted octanol–water partition coefficient (Wildman–Crippen LogP) is 4.94. The molecule has 17 heavy (non-hydrogen) atoms. The van der Waals surface area contributed by atoms with Crippen LogP contribution in [0, 0.1) is 0 Å². The molecule has 0 amide bonds. The Hall–Kier alpha value is -1.47. The fraction of sp³-hybridized carbons (Fsp3) is 0.125. The van der Waals surface area contributed by atoms with Crippen LogP contribution in [0.2, 0.25) is 0 Å². The summed E-state index contributed by atoms with van der Waals surface area (Å²) in [5.41, 5.74) is 2.55. The molecule has 2 aromatic carbocycles. The zero-order valence-corrected chi connectivity index (χ0v) is 10.8. The normalized spacial score (nSPS) is 11.5. The Bertz CT molecular complexity index is 471. The Kier molecular flexibility index (Phi) is 4.45. The highest BCUT2D eigenvalue weighted by atomic mass is 32.2. The molecule has 0 saturated heterocycles. The van der Waals surface area contributed by atoms with Crippen molar-refractivity contribution in [2.24, 2.45) is 0 Å². The molecule has 0 unspecified atom stereocenters. The molecule has 0 aliphatic heterocycles. The first kappa shape index (κ1) is 12.0. The second-order valence-corrected chi connectivity index (χ2v) is 5.02. The minimum Gasteiger partial charge on any atom is -0.126 e. The quantitative estimate of drug-likeness (QED) is 0.682. The van der Waals surface area contributed by atoms with Crippen LogP contribution in [-0.4, -0.2) is 5.75 Å². The van der Waals surface area contributed by atoms with E-state index in [1.807, 2.05) is 17.8 Å². The maximum atomic E-state index is 2.25. The number of hydrogen-bond acceptors (Lipinski definition) is 1. The molecule has 1 heteroatoms. The Morgan fingerprint density at radius 2 is 1.53 bits per heavy atom. The van der Waals surface area contributed by atoms with Crippen LogP contribution in [0.15, 0.2) is 60.7 Å². The van der Waals surface area contributed by atoms with Crippen molar-refractivity contribution >= 4 is 22.7 Å². The van der Waals surface area contributed by atoms with Gasteiger partial charge in [-0.3, -0.25) is 0 Å². The Balaban J connectivity index is 2.33. The zero-order chi connectivity index (χ0) is 11.9. The Morgan fingerprint density at radius 1 is 0.941 bits per heavy atom. The maximum absolute atomic E-state index is 2.25. The largest absolute Gasteiger partial charge is 0.126 e. The Labute approximate surface area is 107 Å². The highest BCUT2D eigenvalue weighted by molar-refractivity contribution is 8.08. The van der Waals surface area contributed by atoms with E-state index in [4.69, 9.17) is 0 Å². The van der Waals surface area contributed by atoms with Crippen molar-refractivity contribution in [3.8, 4) is 0 Å². The molecule has 0 nitrogen and oxygen atoms in total. The van der Waals surface area contributed by atoms with Crippen LogP contribution in [-0.2, 0) is 0 Å². The lowest BCUT2D eigenvalue weighted by atomic mass is 10.1. The van der Waals surface area contributed by atoms with Crippen LogP contribution in [0.25, 0.3) is 11.0 Å². The summed E-state index contributed by atoms with van der Waals surface area (Å²) in [7, 11) is 0. The summed E-state index contributed by atoms with van der Waals surface area (Å²) >= 11 is 1.89. The van der Waals surface area contributed by atoms with E-state index in [1.54, 1.807) is 0 Å². The van der Waals surface area contributed by atoms with Crippen LogP contribution in [0.1, 0.15) is 18.1 Å². The standard InChI is InChI=1S/C16H16S/c1-2-17-16(15-11-7-4-8-12-15)13-14-9-5-3-6-10-14/h3-13H,2H2,1H3/b16-13+. The minimum absolute atomic E-state index is 1.09. The molecule has 0 spiro atoms. The number of hydrogen-bond donors (Lipinski definition) is 0. The number of thioether (sulfide) groups is 1. The lowest BCUT2D eigenvalue weighted by Crippen LogP contribution is -1.81. The molecule has 0 aliphatic rings. The molecule has 0 fully saturated rings. The van der Waals surface area contributed by atoms with Gasteiger partial charge >= 0.3 is 0 Å². The van der Waals surface area contributed by atoms with Gasteiger partial charge in [-0.15, -0.1) is 11.8 Å². The van der Waals surface area contributed by atoms with Gasteiger partial charge in [0.25, 0.3) is 0 Å². The van der Waals surface area contributed by atoms with Gasteiger partial charge in [-0.2, -0.15) is 0 Å². The van der Waals surface area contributed by atoms with E-state index in [0.717, 1.165) is 5.75 Å². The van der Waals surface area contributed by atoms with E-state index in [2.05, 4.69) is 67.6 Å². The van der Waals surface area contributed by atoms with Crippen molar-refractivity contribution in [2.75, 3.05) is 5.75 Å². The van der Waals surface area contributed by atoms with Crippen molar-refractivity contribution in [3.63, 3.8) is 0 Å². The highest BCUT2D eigenvalue weighted by Crippen LogP contribution is 2.29. The molecule has 0 heterocycles. The van der Waals surface area contributed by atoms with E-state index in [1.165, 1.54) is 16.0 Å². The summed E-state index contributed by atoms with van der Waals surface area (Å²) in [6.45, 7) is 2.19. The van der Waals surface area contributed by atoms with Gasteiger partial charge in [0.05, 0.1) is 0 Å². The lowest BCUT2D eigenvalue weighted by Gasteiger charge is -2.06. The first-order chi connectivity index (χ1) is 8.40. The molecular formula is C16H16S. The van der Waals surface area contributed by atoms with E-state index in [9.17, 15) is 0 Å². The van der Waals surface area contributed by atoms with Crippen molar-refractivity contribution in [1.82, 2.24) is 0 Å². The summed E-state index contributed by atoms with van der Waals surface area (Å²) < 4.78 is 0. The van der Waals surface area contributed by atoms with Crippen molar-refractivity contribution in [1.29, 1.82) is 0 Å². The van der Waals surface area contributed by atoms with E-state index in [0.29, 0.717) is 0 Å². The molecule has 86 valence electrons. The van der Waals surface area contributed by atoms with Crippen molar-refractivity contribution in [3.05, 3.63) is 71.8 Å². The fourth-order valence-electron chi connectivity index (χ4n) is 1.67. The van der Waals surface area contributed by atoms with Crippen LogP contribution < -0.4 is 0 Å². The first-order valence-electron chi connectivity index (χ1n) is 5.85. The zero-order valence-electron chi connectivity index (χ0n) is 9.97. The average molecular weight is 240 g/mol. The molecule has 0 radical (unpaired) electrons. The second-order valence-electron chi connectivity index (χ2n) is 3.72. The van der Waals surface area contributed by atoms with Gasteiger partial charge in [-0.05, 0) is 23.0 Å². The maximum Gasteiger partial charge on any atom is 0.0150 e. The molecule has 0 saturated carbocycles. The second kappa shape index (κ2) is 6.31. The SMILES string of the molecule is CCS/C(=C/c1ccccc1)c1ccccc1. The molecule has 2 aromatic rings. The third-order valence-electron chi connectivity index (χ3n) is 2.46. The molecule has 2 rings (SSSR count). The predicted molar refractivity (Wildman–Crippen MR) is 78.9 cm³/mol. The van der Waals surface area contributed by atoms with E-state index in [-0.39, 0.29) is 0 Å².